The number of hydrogen-bond acceptors (Lipinski definition) is 9. The molecule has 11 nitrogen and oxygen atoms in total. The van der Waals surface area contributed by atoms with Crippen molar-refractivity contribution in [1.82, 2.24) is 29.5 Å². The predicted molar refractivity (Wildman–Crippen MR) is 160 cm³/mol. The van der Waals surface area contributed by atoms with E-state index in [1.54, 1.807) is 39.1 Å². The van der Waals surface area contributed by atoms with E-state index < -0.39 is 23.6 Å². The first-order valence-electron chi connectivity index (χ1n) is 14.5. The fourth-order valence-electron chi connectivity index (χ4n) is 5.28. The highest BCUT2D eigenvalue weighted by Gasteiger charge is 2.36. The van der Waals surface area contributed by atoms with Gasteiger partial charge in [-0.3, -0.25) is 4.90 Å². The minimum absolute atomic E-state index is 0.216. The SMILES string of the molecule is COc1ncnc(C2CC2)c1-c1ncc2c(n1)N(Cc1ccc(-c3nc(C(F)(F)F)cn3C)cc1)CCN2C(=O)OC(C)(C)C. The number of amides is 1. The molecule has 6 rings (SSSR count). The van der Waals surface area contributed by atoms with Crippen molar-refractivity contribution >= 4 is 17.6 Å². The minimum atomic E-state index is -4.53. The lowest BCUT2D eigenvalue weighted by Gasteiger charge is -2.37. The van der Waals surface area contributed by atoms with E-state index in [-0.39, 0.29) is 11.7 Å². The van der Waals surface area contributed by atoms with Gasteiger partial charge in [0.25, 0.3) is 0 Å². The molecule has 0 bridgehead atoms. The normalized spacial score (nSPS) is 15.2. The molecule has 236 valence electrons. The Morgan fingerprint density at radius 3 is 2.38 bits per heavy atom. The zero-order valence-electron chi connectivity index (χ0n) is 25.6. The fraction of sp³-hybridized carbons (Fsp3) is 0.419. The number of imidazole rings is 1. The summed E-state index contributed by atoms with van der Waals surface area (Å²) in [5.41, 5.74) is 1.75. The van der Waals surface area contributed by atoms with Crippen LogP contribution in [0.2, 0.25) is 0 Å². The van der Waals surface area contributed by atoms with E-state index in [0.717, 1.165) is 30.3 Å². The van der Waals surface area contributed by atoms with Gasteiger partial charge in [-0.2, -0.15) is 13.2 Å². The molecule has 14 heteroatoms. The van der Waals surface area contributed by atoms with Crippen molar-refractivity contribution in [2.75, 3.05) is 30.0 Å². The summed E-state index contributed by atoms with van der Waals surface area (Å²) in [4.78, 5) is 39.0. The smallest absolute Gasteiger partial charge is 0.434 e. The average Bonchev–Trinajstić information content (AvgIpc) is 3.76. The summed E-state index contributed by atoms with van der Waals surface area (Å²) in [5.74, 6) is 1.77. The number of nitrogens with zero attached hydrogens (tertiary/aromatic N) is 8. The first kappa shape index (κ1) is 30.3. The van der Waals surface area contributed by atoms with Gasteiger partial charge in [0.05, 0.1) is 19.0 Å². The number of fused-ring (bicyclic) bond motifs is 1. The second-order valence-electron chi connectivity index (χ2n) is 12.1. The van der Waals surface area contributed by atoms with Crippen molar-refractivity contribution < 1.29 is 27.4 Å². The second-order valence-corrected chi connectivity index (χ2v) is 12.1. The Balaban J connectivity index is 1.35. The molecule has 1 aliphatic heterocycles. The van der Waals surface area contributed by atoms with E-state index in [9.17, 15) is 18.0 Å². The first-order chi connectivity index (χ1) is 21.3. The number of aromatic nitrogens is 6. The summed E-state index contributed by atoms with van der Waals surface area (Å²) in [7, 11) is 3.07. The molecule has 0 radical (unpaired) electrons. The second kappa shape index (κ2) is 11.3. The topological polar surface area (TPSA) is 111 Å². The van der Waals surface area contributed by atoms with Gasteiger partial charge in [0.2, 0.25) is 5.88 Å². The standard InChI is InChI=1S/C31H33F3N8O3/c1-30(2,3)45-29(43)42-13-12-41(15-18-6-8-20(9-7-18)26-38-22(16-40(26)4)31(32,33)34)27-21(42)14-35-25(39-27)23-24(19-10-11-19)36-17-37-28(23)44-5/h6-9,14,16-17,19H,10-13,15H2,1-5H3. The van der Waals surface area contributed by atoms with Crippen molar-refractivity contribution in [3.8, 4) is 28.7 Å². The van der Waals surface area contributed by atoms with Crippen LogP contribution in [0, 0.1) is 0 Å². The molecule has 0 N–H and O–H groups in total. The Labute approximate surface area is 258 Å². The highest BCUT2D eigenvalue weighted by atomic mass is 19.4. The summed E-state index contributed by atoms with van der Waals surface area (Å²) in [5, 5.41) is 0. The molecule has 0 atom stereocenters. The Morgan fingerprint density at radius 1 is 1.02 bits per heavy atom. The zero-order valence-corrected chi connectivity index (χ0v) is 25.6. The number of rotatable bonds is 6. The third-order valence-corrected chi connectivity index (χ3v) is 7.52. The van der Waals surface area contributed by atoms with E-state index >= 15 is 0 Å². The van der Waals surface area contributed by atoms with Gasteiger partial charge in [0.1, 0.15) is 29.0 Å². The minimum Gasteiger partial charge on any atom is -0.480 e. The number of methoxy groups -OCH3 is 1. The van der Waals surface area contributed by atoms with Crippen molar-refractivity contribution in [1.29, 1.82) is 0 Å². The average molecular weight is 623 g/mol. The molecule has 1 amide bonds. The van der Waals surface area contributed by atoms with E-state index in [0.29, 0.717) is 54.0 Å². The van der Waals surface area contributed by atoms with Gasteiger partial charge >= 0.3 is 12.3 Å². The molecule has 0 spiro atoms. The largest absolute Gasteiger partial charge is 0.480 e. The number of carbonyl (C=O) groups excluding carboxylic acids is 1. The molecular formula is C31H33F3N8O3. The third-order valence-electron chi connectivity index (χ3n) is 7.52. The van der Waals surface area contributed by atoms with Crippen LogP contribution in [0.5, 0.6) is 5.88 Å². The molecule has 45 heavy (non-hydrogen) atoms. The van der Waals surface area contributed by atoms with E-state index in [4.69, 9.17) is 14.5 Å². The Kier molecular flexibility index (Phi) is 7.61. The lowest BCUT2D eigenvalue weighted by Crippen LogP contribution is -2.46. The van der Waals surface area contributed by atoms with Crippen LogP contribution in [0.1, 0.15) is 56.5 Å². The summed E-state index contributed by atoms with van der Waals surface area (Å²) in [6.07, 6.45) is 1.04. The molecule has 1 fully saturated rings. The summed E-state index contributed by atoms with van der Waals surface area (Å²) in [6, 6.07) is 7.18. The molecule has 1 aromatic carbocycles. The van der Waals surface area contributed by atoms with Gasteiger partial charge in [-0.1, -0.05) is 24.3 Å². The molecule has 1 saturated carbocycles. The van der Waals surface area contributed by atoms with Crippen LogP contribution in [0.4, 0.5) is 29.5 Å². The lowest BCUT2D eigenvalue weighted by molar-refractivity contribution is -0.140. The number of hydrogen-bond donors (Lipinski definition) is 0. The zero-order chi connectivity index (χ0) is 32.1. The maximum absolute atomic E-state index is 13.2. The number of carbonyl (C=O) groups is 1. The van der Waals surface area contributed by atoms with Crippen LogP contribution in [-0.4, -0.2) is 61.4 Å². The molecule has 2 aliphatic rings. The molecule has 3 aromatic heterocycles. The molecule has 4 heterocycles. The monoisotopic (exact) mass is 622 g/mol. The Bertz CT molecular complexity index is 1730. The Morgan fingerprint density at radius 2 is 1.76 bits per heavy atom. The van der Waals surface area contributed by atoms with Crippen molar-refractivity contribution in [3.63, 3.8) is 0 Å². The molecule has 1 aliphatic carbocycles. The molecular weight excluding hydrogens is 589 g/mol. The highest BCUT2D eigenvalue weighted by Crippen LogP contribution is 2.45. The van der Waals surface area contributed by atoms with Crippen LogP contribution in [0.25, 0.3) is 22.8 Å². The quantitative estimate of drug-likeness (QED) is 0.256. The number of benzene rings is 1. The number of aryl methyl sites for hydroxylation is 1. The first-order valence-corrected chi connectivity index (χ1v) is 14.5. The lowest BCUT2D eigenvalue weighted by atomic mass is 10.1. The van der Waals surface area contributed by atoms with Gasteiger partial charge in [-0.15, -0.1) is 0 Å². The summed E-state index contributed by atoms with van der Waals surface area (Å²) >= 11 is 0. The van der Waals surface area contributed by atoms with Crippen molar-refractivity contribution in [2.24, 2.45) is 7.05 Å². The van der Waals surface area contributed by atoms with Crippen LogP contribution in [0.3, 0.4) is 0 Å². The van der Waals surface area contributed by atoms with Gasteiger partial charge in [0, 0.05) is 44.4 Å². The van der Waals surface area contributed by atoms with Gasteiger partial charge in [-0.05, 0) is 39.2 Å². The fourth-order valence-corrected chi connectivity index (χ4v) is 5.28. The van der Waals surface area contributed by atoms with E-state index in [2.05, 4.69) is 19.9 Å². The molecule has 0 unspecified atom stereocenters. The van der Waals surface area contributed by atoms with Crippen LogP contribution in [-0.2, 0) is 24.5 Å². The van der Waals surface area contributed by atoms with E-state index in [1.165, 1.54) is 30.0 Å². The van der Waals surface area contributed by atoms with Gasteiger partial charge in [0.15, 0.2) is 17.3 Å². The molecule has 4 aromatic rings. The molecule has 0 saturated heterocycles. The summed E-state index contributed by atoms with van der Waals surface area (Å²) in [6.45, 7) is 6.61. The predicted octanol–water partition coefficient (Wildman–Crippen LogP) is 6.00. The van der Waals surface area contributed by atoms with Crippen molar-refractivity contribution in [3.05, 3.63) is 59.9 Å². The third kappa shape index (κ3) is 6.26. The number of anilines is 2. The van der Waals surface area contributed by atoms with Crippen LogP contribution >= 0.6 is 0 Å². The highest BCUT2D eigenvalue weighted by molar-refractivity contribution is 5.93. The van der Waals surface area contributed by atoms with Gasteiger partial charge < -0.3 is 18.9 Å². The number of ether oxygens (including phenoxy) is 2. The van der Waals surface area contributed by atoms with Crippen LogP contribution < -0.4 is 14.5 Å². The Hall–Kier alpha value is -4.75. The van der Waals surface area contributed by atoms with Crippen LogP contribution in [0.15, 0.2) is 43.0 Å². The van der Waals surface area contributed by atoms with Crippen molar-refractivity contribution in [2.45, 2.75) is 57.9 Å². The maximum atomic E-state index is 13.2. The van der Waals surface area contributed by atoms with E-state index in [1.807, 2.05) is 17.0 Å². The van der Waals surface area contributed by atoms with Gasteiger partial charge in [-0.25, -0.2) is 29.7 Å². The summed E-state index contributed by atoms with van der Waals surface area (Å²) < 4.78 is 52.2. The maximum Gasteiger partial charge on any atom is 0.434 e. The number of halogens is 3. The number of alkyl halides is 3.